The molecule has 3 rings (SSSR count). The van der Waals surface area contributed by atoms with Gasteiger partial charge in [0, 0.05) is 18.0 Å². The van der Waals surface area contributed by atoms with Gasteiger partial charge in [-0.05, 0) is 25.8 Å². The van der Waals surface area contributed by atoms with E-state index in [1.54, 1.807) is 7.05 Å². The maximum atomic E-state index is 12.6. The average Bonchev–Trinajstić information content (AvgIpc) is 3.02. The molecule has 1 atom stereocenters. The Bertz CT molecular complexity index is 975. The van der Waals surface area contributed by atoms with Gasteiger partial charge in [0.2, 0.25) is 5.91 Å². The highest BCUT2D eigenvalue weighted by Gasteiger charge is 2.32. The number of aromatic nitrogens is 2. The number of nitrogens with zero attached hydrogens (tertiary/aromatic N) is 3. The highest BCUT2D eigenvalue weighted by Crippen LogP contribution is 2.25. The summed E-state index contributed by atoms with van der Waals surface area (Å²) < 4.78 is 24.4. The molecule has 0 N–H and O–H groups in total. The highest BCUT2D eigenvalue weighted by atomic mass is 32.2. The zero-order valence-electron chi connectivity index (χ0n) is 13.8. The Morgan fingerprint density at radius 1 is 1.46 bits per heavy atom. The first kappa shape index (κ1) is 17.1. The number of carbonyl (C=O) groups excluding carboxylic acids is 1. The lowest BCUT2D eigenvalue weighted by atomic mass is 10.2. The first-order valence-corrected chi connectivity index (χ1v) is 10.2. The molecule has 130 valence electrons. The van der Waals surface area contributed by atoms with Crippen molar-refractivity contribution in [3.05, 3.63) is 27.1 Å². The smallest absolute Gasteiger partial charge is 0.262 e. The van der Waals surface area contributed by atoms with Gasteiger partial charge in [-0.1, -0.05) is 0 Å². The summed E-state index contributed by atoms with van der Waals surface area (Å²) in [5.41, 5.74) is 0.659. The number of sulfone groups is 1. The molecule has 2 aromatic heterocycles. The zero-order chi connectivity index (χ0) is 17.6. The zero-order valence-corrected chi connectivity index (χ0v) is 15.4. The molecule has 0 saturated carbocycles. The number of hydrogen-bond acceptors (Lipinski definition) is 6. The molecule has 9 heteroatoms. The highest BCUT2D eigenvalue weighted by molar-refractivity contribution is 7.91. The minimum Gasteiger partial charge on any atom is -0.340 e. The summed E-state index contributed by atoms with van der Waals surface area (Å²) in [7, 11) is -1.47. The average molecular weight is 369 g/mol. The molecule has 1 aliphatic rings. The Morgan fingerprint density at radius 2 is 2.17 bits per heavy atom. The number of amides is 1. The fourth-order valence-electron chi connectivity index (χ4n) is 2.92. The quantitative estimate of drug-likeness (QED) is 0.795. The number of likely N-dealkylation sites (N-methyl/N-ethyl adjacent to an activating group) is 1. The van der Waals surface area contributed by atoms with Crippen molar-refractivity contribution in [2.24, 2.45) is 0 Å². The van der Waals surface area contributed by atoms with E-state index in [-0.39, 0.29) is 35.6 Å². The van der Waals surface area contributed by atoms with Gasteiger partial charge >= 0.3 is 0 Å². The van der Waals surface area contributed by atoms with Crippen LogP contribution >= 0.6 is 11.3 Å². The number of aryl methyl sites for hydroxylation is 2. The number of hydrogen-bond donors (Lipinski definition) is 0. The van der Waals surface area contributed by atoms with Crippen LogP contribution in [0.2, 0.25) is 0 Å². The van der Waals surface area contributed by atoms with Crippen LogP contribution in [-0.2, 0) is 21.2 Å². The van der Waals surface area contributed by atoms with E-state index in [1.807, 2.05) is 13.8 Å². The molecule has 7 nitrogen and oxygen atoms in total. The van der Waals surface area contributed by atoms with Crippen LogP contribution in [0.4, 0.5) is 0 Å². The molecule has 0 bridgehead atoms. The van der Waals surface area contributed by atoms with Crippen molar-refractivity contribution in [2.75, 3.05) is 18.6 Å². The molecule has 1 saturated heterocycles. The van der Waals surface area contributed by atoms with E-state index in [0.717, 1.165) is 10.4 Å². The first-order valence-electron chi connectivity index (χ1n) is 7.61. The summed E-state index contributed by atoms with van der Waals surface area (Å²) >= 11 is 1.46. The van der Waals surface area contributed by atoms with Crippen molar-refractivity contribution in [3.8, 4) is 0 Å². The van der Waals surface area contributed by atoms with Crippen molar-refractivity contribution in [2.45, 2.75) is 32.9 Å². The third-order valence-electron chi connectivity index (χ3n) is 4.61. The van der Waals surface area contributed by atoms with Gasteiger partial charge in [0.25, 0.3) is 5.56 Å². The molecule has 1 fully saturated rings. The van der Waals surface area contributed by atoms with Crippen LogP contribution < -0.4 is 5.56 Å². The van der Waals surface area contributed by atoms with E-state index in [0.29, 0.717) is 16.6 Å². The van der Waals surface area contributed by atoms with Crippen LogP contribution in [0.15, 0.2) is 11.1 Å². The van der Waals surface area contributed by atoms with Crippen LogP contribution in [0.25, 0.3) is 10.2 Å². The normalized spacial score (nSPS) is 19.7. The van der Waals surface area contributed by atoms with E-state index in [9.17, 15) is 18.0 Å². The van der Waals surface area contributed by atoms with E-state index >= 15 is 0 Å². The molecular formula is C15H19N3O4S2. The summed E-state index contributed by atoms with van der Waals surface area (Å²) in [5.74, 6) is -0.189. The van der Waals surface area contributed by atoms with E-state index in [4.69, 9.17) is 0 Å². The number of fused-ring (bicyclic) bond motifs is 1. The monoisotopic (exact) mass is 369 g/mol. The number of rotatable bonds is 3. The van der Waals surface area contributed by atoms with E-state index in [2.05, 4.69) is 4.98 Å². The molecular weight excluding hydrogens is 350 g/mol. The topological polar surface area (TPSA) is 89.3 Å². The molecule has 1 amide bonds. The van der Waals surface area contributed by atoms with Crippen LogP contribution in [-0.4, -0.2) is 53.4 Å². The Balaban J connectivity index is 1.84. The number of thiophene rings is 1. The summed E-state index contributed by atoms with van der Waals surface area (Å²) in [5, 5.41) is 0.555. The van der Waals surface area contributed by atoms with Gasteiger partial charge in [0.1, 0.15) is 11.4 Å². The molecule has 1 aliphatic heterocycles. The van der Waals surface area contributed by atoms with Gasteiger partial charge in [-0.3, -0.25) is 14.2 Å². The standard InChI is InChI=1S/C15H19N3O4S2/c1-9-10(2)23-14-13(9)15(20)18(8-16-14)6-12(19)17(3)11-4-5-24(21,22)7-11/h8,11H,4-7H2,1-3H3/t11-/m1/s1. The predicted molar refractivity (Wildman–Crippen MR) is 93.2 cm³/mol. The summed E-state index contributed by atoms with van der Waals surface area (Å²) in [6.07, 6.45) is 1.83. The van der Waals surface area contributed by atoms with Crippen molar-refractivity contribution in [1.29, 1.82) is 0 Å². The van der Waals surface area contributed by atoms with Crippen LogP contribution in [0.1, 0.15) is 16.9 Å². The Kier molecular flexibility index (Phi) is 4.25. The predicted octanol–water partition coefficient (Wildman–Crippen LogP) is 0.720. The lowest BCUT2D eigenvalue weighted by molar-refractivity contribution is -0.132. The van der Waals surface area contributed by atoms with Crippen LogP contribution in [0.5, 0.6) is 0 Å². The SMILES string of the molecule is Cc1sc2ncn(CC(=O)N(C)[C@@H]3CCS(=O)(=O)C3)c(=O)c2c1C. The van der Waals surface area contributed by atoms with E-state index in [1.165, 1.54) is 27.1 Å². The van der Waals surface area contributed by atoms with Crippen molar-refractivity contribution in [1.82, 2.24) is 14.5 Å². The lowest BCUT2D eigenvalue weighted by Gasteiger charge is -2.23. The van der Waals surface area contributed by atoms with Gasteiger partial charge in [-0.15, -0.1) is 11.3 Å². The minimum absolute atomic E-state index is 0.00967. The maximum absolute atomic E-state index is 12.6. The fraction of sp³-hybridized carbons (Fsp3) is 0.533. The third kappa shape index (κ3) is 2.98. The molecule has 0 radical (unpaired) electrons. The Hall–Kier alpha value is -1.74. The Morgan fingerprint density at radius 3 is 2.79 bits per heavy atom. The molecule has 0 spiro atoms. The van der Waals surface area contributed by atoms with Gasteiger partial charge in [-0.25, -0.2) is 13.4 Å². The second-order valence-corrected chi connectivity index (χ2v) is 9.63. The van der Waals surface area contributed by atoms with Gasteiger partial charge in [-0.2, -0.15) is 0 Å². The third-order valence-corrected chi connectivity index (χ3v) is 7.48. The molecule has 3 heterocycles. The Labute approximate surface area is 143 Å². The summed E-state index contributed by atoms with van der Waals surface area (Å²) in [6.45, 7) is 3.67. The van der Waals surface area contributed by atoms with Gasteiger partial charge < -0.3 is 4.90 Å². The largest absolute Gasteiger partial charge is 0.340 e. The first-order chi connectivity index (χ1) is 11.2. The van der Waals surface area contributed by atoms with E-state index < -0.39 is 9.84 Å². The molecule has 0 aliphatic carbocycles. The number of carbonyl (C=O) groups is 1. The summed E-state index contributed by atoms with van der Waals surface area (Å²) in [6, 6.07) is -0.319. The minimum atomic E-state index is -3.06. The second kappa shape index (κ2) is 5.96. The van der Waals surface area contributed by atoms with Crippen molar-refractivity contribution >= 4 is 37.3 Å². The molecule has 0 unspecified atom stereocenters. The maximum Gasteiger partial charge on any atom is 0.262 e. The molecule has 0 aromatic carbocycles. The van der Waals surface area contributed by atoms with Crippen LogP contribution in [0, 0.1) is 13.8 Å². The van der Waals surface area contributed by atoms with Crippen molar-refractivity contribution < 1.29 is 13.2 Å². The molecule has 24 heavy (non-hydrogen) atoms. The lowest BCUT2D eigenvalue weighted by Crippen LogP contribution is -2.41. The molecule has 2 aromatic rings. The fourth-order valence-corrected chi connectivity index (χ4v) is 5.69. The van der Waals surface area contributed by atoms with Crippen molar-refractivity contribution in [3.63, 3.8) is 0 Å². The summed E-state index contributed by atoms with van der Waals surface area (Å²) in [4.78, 5) is 32.5. The second-order valence-electron chi connectivity index (χ2n) is 6.20. The van der Waals surface area contributed by atoms with Gasteiger partial charge in [0.15, 0.2) is 9.84 Å². The van der Waals surface area contributed by atoms with Crippen LogP contribution in [0.3, 0.4) is 0 Å². The van der Waals surface area contributed by atoms with Gasteiger partial charge in [0.05, 0.1) is 23.2 Å².